The van der Waals surface area contributed by atoms with Crippen LogP contribution in [0.15, 0.2) is 30.6 Å². The molecule has 1 amide bonds. The van der Waals surface area contributed by atoms with Crippen LogP contribution in [0, 0.1) is 0 Å². The van der Waals surface area contributed by atoms with E-state index in [2.05, 4.69) is 15.3 Å². The monoisotopic (exact) mass is 275 g/mol. The minimum atomic E-state index is -0.132. The largest absolute Gasteiger partial charge is 0.382 e. The van der Waals surface area contributed by atoms with Crippen molar-refractivity contribution in [2.24, 2.45) is 0 Å². The van der Waals surface area contributed by atoms with E-state index < -0.39 is 0 Å². The molecule has 3 N–H and O–H groups in total. The molecule has 0 saturated carbocycles. The van der Waals surface area contributed by atoms with Crippen molar-refractivity contribution in [2.45, 2.75) is 0 Å². The summed E-state index contributed by atoms with van der Waals surface area (Å²) < 4.78 is 0. The van der Waals surface area contributed by atoms with Gasteiger partial charge >= 0.3 is 0 Å². The first-order chi connectivity index (χ1) is 9.16. The van der Waals surface area contributed by atoms with Crippen LogP contribution >= 0.6 is 11.6 Å². The third-order valence-electron chi connectivity index (χ3n) is 2.82. The van der Waals surface area contributed by atoms with Gasteiger partial charge in [0.25, 0.3) is 0 Å². The third kappa shape index (κ3) is 1.96. The molecule has 1 aliphatic rings. The summed E-state index contributed by atoms with van der Waals surface area (Å²) in [4.78, 5) is 21.4. The van der Waals surface area contributed by atoms with Crippen LogP contribution in [0.4, 0.5) is 23.0 Å². The molecule has 7 heteroatoms. The minimum Gasteiger partial charge on any atom is -0.382 e. The van der Waals surface area contributed by atoms with E-state index in [1.807, 2.05) is 24.3 Å². The molecule has 1 aliphatic heterocycles. The number of hydrogen-bond donors (Lipinski definition) is 2. The van der Waals surface area contributed by atoms with E-state index in [9.17, 15) is 4.79 Å². The number of halogens is 1. The van der Waals surface area contributed by atoms with Gasteiger partial charge in [0.1, 0.15) is 23.7 Å². The van der Waals surface area contributed by atoms with E-state index in [1.165, 1.54) is 6.33 Å². The van der Waals surface area contributed by atoms with Crippen LogP contribution in [0.1, 0.15) is 0 Å². The number of para-hydroxylation sites is 2. The number of hydrogen-bond acceptors (Lipinski definition) is 5. The molecular formula is C12H10ClN5O. The lowest BCUT2D eigenvalue weighted by Crippen LogP contribution is -2.35. The molecule has 96 valence electrons. The van der Waals surface area contributed by atoms with Crippen LogP contribution in [0.3, 0.4) is 0 Å². The zero-order valence-electron chi connectivity index (χ0n) is 9.80. The second-order valence-electron chi connectivity index (χ2n) is 4.05. The van der Waals surface area contributed by atoms with Crippen LogP contribution in [0.2, 0.25) is 5.02 Å². The number of nitrogens with zero attached hydrogens (tertiary/aromatic N) is 3. The highest BCUT2D eigenvalue weighted by Gasteiger charge is 2.25. The molecule has 0 fully saturated rings. The molecule has 1 aromatic heterocycles. The van der Waals surface area contributed by atoms with Crippen molar-refractivity contribution in [3.05, 3.63) is 35.6 Å². The number of nitrogen functional groups attached to an aromatic ring is 1. The summed E-state index contributed by atoms with van der Waals surface area (Å²) in [6, 6.07) is 7.42. The van der Waals surface area contributed by atoms with E-state index >= 15 is 0 Å². The molecule has 0 unspecified atom stereocenters. The van der Waals surface area contributed by atoms with Crippen molar-refractivity contribution < 1.29 is 4.79 Å². The smallest absolute Gasteiger partial charge is 0.244 e. The maximum Gasteiger partial charge on any atom is 0.244 e. The van der Waals surface area contributed by atoms with Crippen molar-refractivity contribution >= 4 is 40.5 Å². The van der Waals surface area contributed by atoms with E-state index in [4.69, 9.17) is 17.3 Å². The summed E-state index contributed by atoms with van der Waals surface area (Å²) in [7, 11) is 0. The van der Waals surface area contributed by atoms with E-state index in [-0.39, 0.29) is 23.3 Å². The van der Waals surface area contributed by atoms with Crippen molar-refractivity contribution in [3.8, 4) is 0 Å². The fraction of sp³-hybridized carbons (Fsp3) is 0.0833. The molecule has 0 radical (unpaired) electrons. The minimum absolute atomic E-state index is 0.132. The zero-order chi connectivity index (χ0) is 13.4. The first-order valence-electron chi connectivity index (χ1n) is 5.59. The fourth-order valence-electron chi connectivity index (χ4n) is 1.98. The number of carbonyl (C=O) groups is 1. The number of carbonyl (C=O) groups excluding carboxylic acids is 1. The summed E-state index contributed by atoms with van der Waals surface area (Å²) in [5, 5.41) is 3.04. The lowest BCUT2D eigenvalue weighted by molar-refractivity contribution is -0.115. The van der Waals surface area contributed by atoms with Crippen LogP contribution in [0.5, 0.6) is 0 Å². The van der Waals surface area contributed by atoms with Crippen molar-refractivity contribution in [3.63, 3.8) is 0 Å². The van der Waals surface area contributed by atoms with Crippen molar-refractivity contribution in [1.29, 1.82) is 0 Å². The van der Waals surface area contributed by atoms with E-state index in [0.29, 0.717) is 11.5 Å². The van der Waals surface area contributed by atoms with E-state index in [1.54, 1.807) is 4.90 Å². The number of rotatable bonds is 1. The first-order valence-corrected chi connectivity index (χ1v) is 5.97. The van der Waals surface area contributed by atoms with Gasteiger partial charge in [0, 0.05) is 0 Å². The number of anilines is 4. The number of amides is 1. The molecule has 0 spiro atoms. The van der Waals surface area contributed by atoms with Crippen LogP contribution in [0.25, 0.3) is 0 Å². The molecule has 3 rings (SSSR count). The predicted molar refractivity (Wildman–Crippen MR) is 73.5 cm³/mol. The van der Waals surface area contributed by atoms with Gasteiger partial charge in [-0.15, -0.1) is 0 Å². The summed E-state index contributed by atoms with van der Waals surface area (Å²) in [5.74, 6) is 0.485. The number of fused-ring (bicyclic) bond motifs is 1. The Bertz CT molecular complexity index is 660. The number of nitrogens with two attached hydrogens (primary N) is 1. The molecule has 0 atom stereocenters. The molecular weight excluding hydrogens is 266 g/mol. The van der Waals surface area contributed by atoms with Gasteiger partial charge < -0.3 is 16.0 Å². The standard InChI is InChI=1S/C12H10ClN5O/c13-10-11(14)15-6-16-12(10)18-5-9(19)17-7-3-1-2-4-8(7)18/h1-4,6H,5H2,(H,17,19)(H2,14,15,16). The number of nitrogens with one attached hydrogen (secondary N) is 1. The van der Waals surface area contributed by atoms with Gasteiger partial charge in [-0.05, 0) is 12.1 Å². The van der Waals surface area contributed by atoms with Crippen LogP contribution in [-0.4, -0.2) is 22.4 Å². The van der Waals surface area contributed by atoms with Gasteiger partial charge in [-0.25, -0.2) is 9.97 Å². The number of benzene rings is 1. The Morgan fingerprint density at radius 1 is 1.32 bits per heavy atom. The summed E-state index contributed by atoms with van der Waals surface area (Å²) in [6.45, 7) is 0.132. The average Bonchev–Trinajstić information content (AvgIpc) is 2.41. The van der Waals surface area contributed by atoms with Crippen molar-refractivity contribution in [2.75, 3.05) is 22.5 Å². The molecule has 2 heterocycles. The quantitative estimate of drug-likeness (QED) is 0.829. The average molecular weight is 276 g/mol. The van der Waals surface area contributed by atoms with Gasteiger partial charge in [0.15, 0.2) is 5.82 Å². The highest BCUT2D eigenvalue weighted by atomic mass is 35.5. The Hall–Kier alpha value is -2.34. The summed E-state index contributed by atoms with van der Waals surface area (Å²) in [6.07, 6.45) is 1.33. The molecule has 2 aromatic rings. The predicted octanol–water partition coefficient (Wildman–Crippen LogP) is 1.80. The highest BCUT2D eigenvalue weighted by molar-refractivity contribution is 6.35. The lowest BCUT2D eigenvalue weighted by Gasteiger charge is -2.30. The Labute approximate surface area is 114 Å². The summed E-state index contributed by atoms with van der Waals surface area (Å²) >= 11 is 6.12. The molecule has 0 saturated heterocycles. The Morgan fingerprint density at radius 2 is 2.11 bits per heavy atom. The normalized spacial score (nSPS) is 13.9. The fourth-order valence-corrected chi connectivity index (χ4v) is 2.18. The van der Waals surface area contributed by atoms with E-state index in [0.717, 1.165) is 5.69 Å². The second-order valence-corrected chi connectivity index (χ2v) is 4.43. The molecule has 0 bridgehead atoms. The Balaban J connectivity index is 2.15. The second kappa shape index (κ2) is 4.40. The molecule has 6 nitrogen and oxygen atoms in total. The summed E-state index contributed by atoms with van der Waals surface area (Å²) in [5.41, 5.74) is 7.21. The lowest BCUT2D eigenvalue weighted by atomic mass is 10.2. The molecule has 1 aromatic carbocycles. The third-order valence-corrected chi connectivity index (χ3v) is 3.19. The van der Waals surface area contributed by atoms with Gasteiger partial charge in [-0.1, -0.05) is 23.7 Å². The molecule has 0 aliphatic carbocycles. The SMILES string of the molecule is Nc1ncnc(N2CC(=O)Nc3ccccc32)c1Cl. The Morgan fingerprint density at radius 3 is 2.95 bits per heavy atom. The molecule has 19 heavy (non-hydrogen) atoms. The van der Waals surface area contributed by atoms with Gasteiger partial charge in [-0.2, -0.15) is 0 Å². The first kappa shape index (κ1) is 11.7. The zero-order valence-corrected chi connectivity index (χ0v) is 10.6. The van der Waals surface area contributed by atoms with Gasteiger partial charge in [-0.3, -0.25) is 4.79 Å². The van der Waals surface area contributed by atoms with Crippen LogP contribution < -0.4 is 16.0 Å². The van der Waals surface area contributed by atoms with Crippen LogP contribution in [-0.2, 0) is 4.79 Å². The highest BCUT2D eigenvalue weighted by Crippen LogP contribution is 2.37. The Kier molecular flexibility index (Phi) is 2.72. The number of aromatic nitrogens is 2. The van der Waals surface area contributed by atoms with Gasteiger partial charge in [0.05, 0.1) is 11.4 Å². The topological polar surface area (TPSA) is 84.1 Å². The maximum atomic E-state index is 11.7. The van der Waals surface area contributed by atoms with Gasteiger partial charge in [0.2, 0.25) is 5.91 Å². The van der Waals surface area contributed by atoms with Crippen molar-refractivity contribution in [1.82, 2.24) is 9.97 Å². The maximum absolute atomic E-state index is 11.7.